The quantitative estimate of drug-likeness (QED) is 0.462. The van der Waals surface area contributed by atoms with Gasteiger partial charge in [0.25, 0.3) is 5.91 Å². The maximum atomic E-state index is 13.1. The first-order valence-corrected chi connectivity index (χ1v) is 9.35. The number of thiazole rings is 1. The molecule has 0 radical (unpaired) electrons. The van der Waals surface area contributed by atoms with Crippen LogP contribution in [0.25, 0.3) is 21.8 Å². The molecule has 0 aliphatic carbocycles. The Morgan fingerprint density at radius 2 is 1.36 bits per heavy atom. The van der Waals surface area contributed by atoms with Gasteiger partial charge < -0.3 is 5.32 Å². The van der Waals surface area contributed by atoms with Gasteiger partial charge in [-0.05, 0) is 60.7 Å². The van der Waals surface area contributed by atoms with Gasteiger partial charge in [0.15, 0.2) is 0 Å². The maximum Gasteiger partial charge on any atom is 0.255 e. The van der Waals surface area contributed by atoms with Crippen LogP contribution in [-0.4, -0.2) is 10.9 Å². The van der Waals surface area contributed by atoms with E-state index in [-0.39, 0.29) is 17.5 Å². The Balaban J connectivity index is 1.49. The van der Waals surface area contributed by atoms with Gasteiger partial charge in [0.1, 0.15) is 16.6 Å². The normalized spacial score (nSPS) is 10.6. The predicted octanol–water partition coefficient (Wildman–Crippen LogP) is 6.01. The van der Waals surface area contributed by atoms with Gasteiger partial charge >= 0.3 is 0 Å². The molecular weight excluding hydrogens is 378 g/mol. The van der Waals surface area contributed by atoms with Gasteiger partial charge in [0, 0.05) is 27.8 Å². The van der Waals surface area contributed by atoms with Crippen LogP contribution in [0.4, 0.5) is 14.5 Å². The summed E-state index contributed by atoms with van der Waals surface area (Å²) in [6, 6.07) is 18.9. The molecule has 3 aromatic carbocycles. The number of halogens is 2. The number of aromatic nitrogens is 1. The fraction of sp³-hybridized carbons (Fsp3) is 0. The highest BCUT2D eigenvalue weighted by molar-refractivity contribution is 7.13. The van der Waals surface area contributed by atoms with E-state index in [9.17, 15) is 13.6 Å². The summed E-state index contributed by atoms with van der Waals surface area (Å²) < 4.78 is 26.0. The lowest BCUT2D eigenvalue weighted by molar-refractivity contribution is 0.102. The molecule has 1 amide bonds. The molecule has 0 atom stereocenters. The van der Waals surface area contributed by atoms with E-state index in [0.29, 0.717) is 11.3 Å². The molecule has 0 aliphatic heterocycles. The van der Waals surface area contributed by atoms with Crippen LogP contribution in [0.3, 0.4) is 0 Å². The fourth-order valence-corrected chi connectivity index (χ4v) is 3.50. The highest BCUT2D eigenvalue weighted by Crippen LogP contribution is 2.29. The Hall–Kier alpha value is -3.38. The topological polar surface area (TPSA) is 42.0 Å². The molecule has 4 aromatic rings. The molecule has 1 N–H and O–H groups in total. The third-order valence-electron chi connectivity index (χ3n) is 4.14. The van der Waals surface area contributed by atoms with E-state index in [2.05, 4.69) is 10.3 Å². The number of benzene rings is 3. The van der Waals surface area contributed by atoms with Crippen LogP contribution in [0, 0.1) is 11.6 Å². The molecule has 1 heterocycles. The highest BCUT2D eigenvalue weighted by atomic mass is 32.1. The Labute approximate surface area is 164 Å². The number of amides is 1. The summed E-state index contributed by atoms with van der Waals surface area (Å²) in [7, 11) is 0. The molecule has 1 aromatic heterocycles. The summed E-state index contributed by atoms with van der Waals surface area (Å²) in [6.45, 7) is 0. The van der Waals surface area contributed by atoms with Crippen molar-refractivity contribution < 1.29 is 13.6 Å². The molecule has 138 valence electrons. The van der Waals surface area contributed by atoms with E-state index >= 15 is 0 Å². The van der Waals surface area contributed by atoms with Crippen LogP contribution in [0.5, 0.6) is 0 Å². The molecule has 3 nitrogen and oxygen atoms in total. The third-order valence-corrected chi connectivity index (χ3v) is 5.03. The van der Waals surface area contributed by atoms with E-state index in [4.69, 9.17) is 0 Å². The van der Waals surface area contributed by atoms with Crippen LogP contribution in [-0.2, 0) is 0 Å². The second-order valence-corrected chi connectivity index (χ2v) is 6.94. The smallest absolute Gasteiger partial charge is 0.255 e. The van der Waals surface area contributed by atoms with Gasteiger partial charge in [-0.25, -0.2) is 13.8 Å². The molecule has 0 spiro atoms. The van der Waals surface area contributed by atoms with Gasteiger partial charge in [-0.3, -0.25) is 4.79 Å². The molecule has 0 saturated carbocycles. The van der Waals surface area contributed by atoms with Crippen LogP contribution in [0.1, 0.15) is 10.4 Å². The standard InChI is InChI=1S/C22H14F2N2OS/c23-17-7-5-14(6-8-17)20-13-28-22(26-20)16-3-1-15(2-4-16)21(27)25-19-11-9-18(24)10-12-19/h1-13H,(H,25,27). The Bertz CT molecular complexity index is 1100. The van der Waals surface area contributed by atoms with Crippen molar-refractivity contribution in [1.82, 2.24) is 4.98 Å². The zero-order valence-corrected chi connectivity index (χ0v) is 15.3. The van der Waals surface area contributed by atoms with Crippen LogP contribution in [0.2, 0.25) is 0 Å². The molecule has 28 heavy (non-hydrogen) atoms. The molecule has 0 aliphatic rings. The van der Waals surface area contributed by atoms with E-state index < -0.39 is 0 Å². The van der Waals surface area contributed by atoms with Crippen molar-refractivity contribution in [2.45, 2.75) is 0 Å². The third kappa shape index (κ3) is 3.97. The van der Waals surface area contributed by atoms with Crippen molar-refractivity contribution in [3.63, 3.8) is 0 Å². The van der Waals surface area contributed by atoms with Gasteiger partial charge in [0.2, 0.25) is 0 Å². The zero-order chi connectivity index (χ0) is 19.5. The Morgan fingerprint density at radius 3 is 2.00 bits per heavy atom. The monoisotopic (exact) mass is 392 g/mol. The average Bonchev–Trinajstić information content (AvgIpc) is 3.20. The molecule has 0 unspecified atom stereocenters. The molecule has 4 rings (SSSR count). The van der Waals surface area contributed by atoms with Crippen molar-refractivity contribution in [3.05, 3.63) is 95.4 Å². The second-order valence-electron chi connectivity index (χ2n) is 6.08. The molecule has 0 saturated heterocycles. The number of hydrogen-bond acceptors (Lipinski definition) is 3. The zero-order valence-electron chi connectivity index (χ0n) is 14.5. The lowest BCUT2D eigenvalue weighted by Gasteiger charge is -2.05. The summed E-state index contributed by atoms with van der Waals surface area (Å²) in [5.41, 5.74) is 3.52. The lowest BCUT2D eigenvalue weighted by Crippen LogP contribution is -2.11. The lowest BCUT2D eigenvalue weighted by atomic mass is 10.1. The van der Waals surface area contributed by atoms with Gasteiger partial charge in [-0.1, -0.05) is 12.1 Å². The van der Waals surface area contributed by atoms with Crippen molar-refractivity contribution in [2.24, 2.45) is 0 Å². The number of rotatable bonds is 4. The Morgan fingerprint density at radius 1 is 0.786 bits per heavy atom. The van der Waals surface area contributed by atoms with E-state index in [1.54, 1.807) is 24.3 Å². The van der Waals surface area contributed by atoms with Crippen LogP contribution < -0.4 is 5.32 Å². The summed E-state index contributed by atoms with van der Waals surface area (Å²) >= 11 is 1.48. The van der Waals surface area contributed by atoms with Crippen molar-refractivity contribution in [1.29, 1.82) is 0 Å². The summed E-state index contributed by atoms with van der Waals surface area (Å²) in [5.74, 6) is -0.913. The number of carbonyl (C=O) groups is 1. The maximum absolute atomic E-state index is 13.1. The largest absolute Gasteiger partial charge is 0.322 e. The predicted molar refractivity (Wildman–Crippen MR) is 107 cm³/mol. The first-order valence-electron chi connectivity index (χ1n) is 8.47. The number of anilines is 1. The summed E-state index contributed by atoms with van der Waals surface area (Å²) in [6.07, 6.45) is 0. The van der Waals surface area contributed by atoms with Gasteiger partial charge in [0.05, 0.1) is 5.69 Å². The molecular formula is C22H14F2N2OS. The number of hydrogen-bond donors (Lipinski definition) is 1. The highest BCUT2D eigenvalue weighted by Gasteiger charge is 2.10. The van der Waals surface area contributed by atoms with Crippen LogP contribution in [0.15, 0.2) is 78.2 Å². The van der Waals surface area contributed by atoms with E-state index in [1.807, 2.05) is 17.5 Å². The summed E-state index contributed by atoms with van der Waals surface area (Å²) in [5, 5.41) is 5.45. The minimum absolute atomic E-state index is 0.274. The molecule has 0 fully saturated rings. The first-order chi connectivity index (χ1) is 13.6. The van der Waals surface area contributed by atoms with Crippen molar-refractivity contribution >= 4 is 22.9 Å². The summed E-state index contributed by atoms with van der Waals surface area (Å²) in [4.78, 5) is 16.9. The van der Waals surface area contributed by atoms with Gasteiger partial charge in [-0.15, -0.1) is 11.3 Å². The number of nitrogens with one attached hydrogen (secondary N) is 1. The Kier molecular flexibility index (Phi) is 4.95. The van der Waals surface area contributed by atoms with Gasteiger partial charge in [-0.2, -0.15) is 0 Å². The average molecular weight is 392 g/mol. The molecule has 0 bridgehead atoms. The number of nitrogens with zero attached hydrogens (tertiary/aromatic N) is 1. The van der Waals surface area contributed by atoms with Crippen LogP contribution >= 0.6 is 11.3 Å². The van der Waals surface area contributed by atoms with E-state index in [0.717, 1.165) is 21.8 Å². The minimum Gasteiger partial charge on any atom is -0.322 e. The fourth-order valence-electron chi connectivity index (χ4n) is 2.66. The van der Waals surface area contributed by atoms with Crippen molar-refractivity contribution in [2.75, 3.05) is 5.32 Å². The number of carbonyl (C=O) groups excluding carboxylic acids is 1. The van der Waals surface area contributed by atoms with Crippen molar-refractivity contribution in [3.8, 4) is 21.8 Å². The SMILES string of the molecule is O=C(Nc1ccc(F)cc1)c1ccc(-c2nc(-c3ccc(F)cc3)cs2)cc1. The first kappa shape index (κ1) is 18.0. The second kappa shape index (κ2) is 7.70. The minimum atomic E-state index is -0.356. The molecule has 6 heteroatoms. The van der Waals surface area contributed by atoms with E-state index in [1.165, 1.54) is 47.7 Å².